The molecule has 0 spiro atoms. The number of rotatable bonds is 9. The lowest BCUT2D eigenvalue weighted by molar-refractivity contribution is 0.361. The van der Waals surface area contributed by atoms with E-state index in [-0.39, 0.29) is 6.04 Å². The molecule has 22 heavy (non-hydrogen) atoms. The van der Waals surface area contributed by atoms with E-state index in [0.29, 0.717) is 0 Å². The monoisotopic (exact) mass is 296 g/mol. The van der Waals surface area contributed by atoms with Crippen LogP contribution in [-0.4, -0.2) is 25.0 Å². The van der Waals surface area contributed by atoms with Crippen molar-refractivity contribution in [3.05, 3.63) is 73.0 Å². The molecule has 0 fully saturated rings. The summed E-state index contributed by atoms with van der Waals surface area (Å²) in [4.78, 5) is 2.18. The first-order chi connectivity index (χ1) is 10.5. The van der Waals surface area contributed by atoms with E-state index in [0.717, 1.165) is 35.4 Å². The summed E-state index contributed by atoms with van der Waals surface area (Å²) < 4.78 is 0. The van der Waals surface area contributed by atoms with Crippen LogP contribution in [0.4, 0.5) is 0 Å². The first-order valence-electron chi connectivity index (χ1n) is 7.58. The van der Waals surface area contributed by atoms with Crippen LogP contribution in [0.5, 0.6) is 0 Å². The van der Waals surface area contributed by atoms with Crippen molar-refractivity contribution in [2.24, 2.45) is 0 Å². The minimum atomic E-state index is 0.175. The molecule has 0 heterocycles. The predicted molar refractivity (Wildman–Crippen MR) is 99.5 cm³/mol. The summed E-state index contributed by atoms with van der Waals surface area (Å²) in [6, 6.07) is 6.51. The Hall–Kier alpha value is -2.22. The normalized spacial score (nSPS) is 11.4. The molecule has 0 bridgehead atoms. The molecular formula is C20H28N2. The van der Waals surface area contributed by atoms with E-state index in [9.17, 15) is 0 Å². The molecule has 118 valence electrons. The highest BCUT2D eigenvalue weighted by molar-refractivity contribution is 5.72. The summed E-state index contributed by atoms with van der Waals surface area (Å²) in [6.07, 6.45) is 5.70. The Bertz CT molecular complexity index is 569. The fourth-order valence-electron chi connectivity index (χ4n) is 2.52. The van der Waals surface area contributed by atoms with Gasteiger partial charge in [0.1, 0.15) is 0 Å². The zero-order valence-electron chi connectivity index (χ0n) is 14.2. The Morgan fingerprint density at radius 2 is 2.00 bits per heavy atom. The van der Waals surface area contributed by atoms with E-state index in [2.05, 4.69) is 68.7 Å². The Labute approximate surface area is 135 Å². The second-order valence-corrected chi connectivity index (χ2v) is 5.51. The van der Waals surface area contributed by atoms with Gasteiger partial charge in [-0.25, -0.2) is 0 Å². The van der Waals surface area contributed by atoms with Crippen molar-refractivity contribution in [1.29, 1.82) is 0 Å². The SMILES string of the molecule is C=CCCC(C(=C)NC)N(C)C(=C)c1cc(C)ccc1C=C. The van der Waals surface area contributed by atoms with Gasteiger partial charge in [-0.15, -0.1) is 6.58 Å². The van der Waals surface area contributed by atoms with Gasteiger partial charge in [0.2, 0.25) is 0 Å². The first-order valence-corrected chi connectivity index (χ1v) is 7.58. The van der Waals surface area contributed by atoms with Gasteiger partial charge in [-0.1, -0.05) is 49.6 Å². The second-order valence-electron chi connectivity index (χ2n) is 5.51. The van der Waals surface area contributed by atoms with Gasteiger partial charge in [-0.2, -0.15) is 0 Å². The van der Waals surface area contributed by atoms with Gasteiger partial charge in [0, 0.05) is 31.1 Å². The number of hydrogen-bond donors (Lipinski definition) is 1. The summed E-state index contributed by atoms with van der Waals surface area (Å²) in [6.45, 7) is 18.2. The largest absolute Gasteiger partial charge is 0.390 e. The van der Waals surface area contributed by atoms with Gasteiger partial charge in [0.05, 0.1) is 6.04 Å². The summed E-state index contributed by atoms with van der Waals surface area (Å²) in [5, 5.41) is 3.17. The molecule has 1 aromatic rings. The van der Waals surface area contributed by atoms with Crippen LogP contribution >= 0.6 is 0 Å². The fraction of sp³-hybridized carbons (Fsp3) is 0.300. The van der Waals surface area contributed by atoms with Crippen molar-refractivity contribution in [3.63, 3.8) is 0 Å². The van der Waals surface area contributed by atoms with E-state index in [1.165, 1.54) is 5.56 Å². The predicted octanol–water partition coefficient (Wildman–Crippen LogP) is 4.61. The van der Waals surface area contributed by atoms with Gasteiger partial charge in [0.15, 0.2) is 0 Å². The standard InChI is InChI=1S/C20H28N2/c1-8-10-11-20(16(4)21-6)22(7)17(5)19-14-15(3)12-13-18(19)9-2/h8-9,12-14,20-21H,1-2,4-5,10-11H2,3,6-7H3. The molecule has 1 N–H and O–H groups in total. The summed E-state index contributed by atoms with van der Waals surface area (Å²) in [5.41, 5.74) is 5.39. The lowest BCUT2D eigenvalue weighted by atomic mass is 9.99. The molecule has 2 nitrogen and oxygen atoms in total. The van der Waals surface area contributed by atoms with Crippen LogP contribution in [0, 0.1) is 6.92 Å². The number of hydrogen-bond acceptors (Lipinski definition) is 2. The van der Waals surface area contributed by atoms with E-state index in [1.807, 2.05) is 19.2 Å². The zero-order chi connectivity index (χ0) is 16.7. The maximum atomic E-state index is 4.30. The smallest absolute Gasteiger partial charge is 0.0681 e. The number of benzene rings is 1. The Morgan fingerprint density at radius 1 is 1.32 bits per heavy atom. The van der Waals surface area contributed by atoms with Crippen LogP contribution in [-0.2, 0) is 0 Å². The van der Waals surface area contributed by atoms with Gasteiger partial charge in [-0.3, -0.25) is 0 Å². The molecule has 1 aromatic carbocycles. The maximum absolute atomic E-state index is 4.30. The Morgan fingerprint density at radius 3 is 2.55 bits per heavy atom. The number of nitrogens with one attached hydrogen (secondary N) is 1. The van der Waals surface area contributed by atoms with Crippen LogP contribution in [0.2, 0.25) is 0 Å². The van der Waals surface area contributed by atoms with E-state index in [4.69, 9.17) is 0 Å². The van der Waals surface area contributed by atoms with Crippen molar-refractivity contribution in [2.75, 3.05) is 14.1 Å². The molecule has 0 aliphatic heterocycles. The molecule has 2 heteroatoms. The minimum Gasteiger partial charge on any atom is -0.390 e. The third-order valence-electron chi connectivity index (χ3n) is 4.00. The molecule has 0 aliphatic rings. The fourth-order valence-corrected chi connectivity index (χ4v) is 2.52. The number of likely N-dealkylation sites (N-methyl/N-ethyl adjacent to an activating group) is 2. The quantitative estimate of drug-likeness (QED) is 0.670. The molecule has 0 amide bonds. The average Bonchev–Trinajstić information content (AvgIpc) is 2.53. The van der Waals surface area contributed by atoms with Gasteiger partial charge in [-0.05, 0) is 31.4 Å². The average molecular weight is 296 g/mol. The lowest BCUT2D eigenvalue weighted by Crippen LogP contribution is -2.35. The van der Waals surface area contributed by atoms with E-state index < -0.39 is 0 Å². The number of aryl methyl sites for hydroxylation is 1. The number of nitrogens with zero attached hydrogens (tertiary/aromatic N) is 1. The molecule has 1 unspecified atom stereocenters. The lowest BCUT2D eigenvalue weighted by Gasteiger charge is -2.33. The molecule has 0 aliphatic carbocycles. The van der Waals surface area contributed by atoms with Crippen molar-refractivity contribution in [1.82, 2.24) is 10.2 Å². The van der Waals surface area contributed by atoms with Crippen LogP contribution in [0.1, 0.15) is 29.5 Å². The zero-order valence-corrected chi connectivity index (χ0v) is 14.2. The summed E-state index contributed by atoms with van der Waals surface area (Å²) in [7, 11) is 3.97. The maximum Gasteiger partial charge on any atom is 0.0681 e. The second kappa shape index (κ2) is 8.28. The highest BCUT2D eigenvalue weighted by Crippen LogP contribution is 2.27. The molecule has 0 aromatic heterocycles. The Balaban J connectivity index is 3.12. The third kappa shape index (κ3) is 4.14. The van der Waals surface area contributed by atoms with Gasteiger partial charge in [0.25, 0.3) is 0 Å². The number of allylic oxidation sites excluding steroid dienone is 1. The molecular weight excluding hydrogens is 268 g/mol. The van der Waals surface area contributed by atoms with Gasteiger partial charge < -0.3 is 10.2 Å². The molecule has 0 saturated heterocycles. The van der Waals surface area contributed by atoms with E-state index >= 15 is 0 Å². The first kappa shape index (κ1) is 17.8. The van der Waals surface area contributed by atoms with Crippen molar-refractivity contribution in [3.8, 4) is 0 Å². The topological polar surface area (TPSA) is 15.3 Å². The summed E-state index contributed by atoms with van der Waals surface area (Å²) >= 11 is 0. The summed E-state index contributed by atoms with van der Waals surface area (Å²) in [5.74, 6) is 0. The van der Waals surface area contributed by atoms with Crippen LogP contribution in [0.15, 0.2) is 56.3 Å². The van der Waals surface area contributed by atoms with Crippen LogP contribution < -0.4 is 5.32 Å². The Kier molecular flexibility index (Phi) is 6.71. The third-order valence-corrected chi connectivity index (χ3v) is 4.00. The van der Waals surface area contributed by atoms with E-state index in [1.54, 1.807) is 0 Å². The molecule has 0 radical (unpaired) electrons. The van der Waals surface area contributed by atoms with Crippen LogP contribution in [0.25, 0.3) is 11.8 Å². The van der Waals surface area contributed by atoms with Gasteiger partial charge >= 0.3 is 0 Å². The highest BCUT2D eigenvalue weighted by Gasteiger charge is 2.20. The molecule has 0 saturated carbocycles. The molecule has 1 rings (SSSR count). The van der Waals surface area contributed by atoms with Crippen molar-refractivity contribution < 1.29 is 0 Å². The van der Waals surface area contributed by atoms with Crippen molar-refractivity contribution in [2.45, 2.75) is 25.8 Å². The molecule has 1 atom stereocenters. The van der Waals surface area contributed by atoms with Crippen molar-refractivity contribution >= 4 is 11.8 Å². The highest BCUT2D eigenvalue weighted by atomic mass is 15.2. The van der Waals surface area contributed by atoms with Crippen LogP contribution in [0.3, 0.4) is 0 Å². The minimum absolute atomic E-state index is 0.175.